The average molecular weight is 485 g/mol. The number of nitrogens with one attached hydrogen (secondary N) is 2. The first kappa shape index (κ1) is 24.1. The highest BCUT2D eigenvalue weighted by Gasteiger charge is 2.37. The van der Waals surface area contributed by atoms with Crippen molar-refractivity contribution in [3.8, 4) is 11.1 Å². The van der Waals surface area contributed by atoms with E-state index in [1.807, 2.05) is 42.7 Å². The quantitative estimate of drug-likeness (QED) is 0.501. The van der Waals surface area contributed by atoms with Crippen LogP contribution in [-0.4, -0.2) is 66.5 Å². The van der Waals surface area contributed by atoms with E-state index < -0.39 is 36.2 Å². The maximum absolute atomic E-state index is 12.9. The summed E-state index contributed by atoms with van der Waals surface area (Å²) >= 11 is 1.55. The van der Waals surface area contributed by atoms with E-state index >= 15 is 0 Å². The van der Waals surface area contributed by atoms with Crippen molar-refractivity contribution in [2.24, 2.45) is 0 Å². The standard InChI is InChI=1S/C25H28N2O6S/c1-34-13-11-21(23(28)26-20-10-12-32-22(20)24(29)30)27-25(31)33-14-19-17-8-4-2-6-15(17)16-7-3-5-9-18(16)19/h2-9,19-22H,10-14H2,1H3,(H,26,28)(H,27,31)(H,29,30)/t20-,21-,22+/m0/s1. The minimum absolute atomic E-state index is 0.0800. The summed E-state index contributed by atoms with van der Waals surface area (Å²) in [4.78, 5) is 36.9. The maximum atomic E-state index is 12.9. The number of fused-ring (bicyclic) bond motifs is 3. The summed E-state index contributed by atoms with van der Waals surface area (Å²) in [5.41, 5.74) is 4.48. The molecule has 1 aliphatic carbocycles. The third kappa shape index (κ3) is 5.20. The molecule has 4 rings (SSSR count). The molecule has 34 heavy (non-hydrogen) atoms. The molecule has 180 valence electrons. The number of thioether (sulfide) groups is 1. The second-order valence-corrected chi connectivity index (χ2v) is 9.32. The van der Waals surface area contributed by atoms with Crippen LogP contribution in [0.15, 0.2) is 48.5 Å². The van der Waals surface area contributed by atoms with Crippen LogP contribution < -0.4 is 10.6 Å². The molecule has 1 aliphatic heterocycles. The SMILES string of the molecule is CSCC[C@H](NC(=O)OCC1c2ccccc2-c2ccccc21)C(=O)N[C@H]1CCO[C@H]1C(=O)O. The van der Waals surface area contributed by atoms with Gasteiger partial charge in [-0.1, -0.05) is 48.5 Å². The van der Waals surface area contributed by atoms with Gasteiger partial charge in [0.2, 0.25) is 5.91 Å². The number of carboxylic acids is 1. The monoisotopic (exact) mass is 484 g/mol. The Bertz CT molecular complexity index is 1020. The lowest BCUT2D eigenvalue weighted by Crippen LogP contribution is -2.53. The second-order valence-electron chi connectivity index (χ2n) is 8.34. The Kier molecular flexibility index (Phi) is 7.74. The van der Waals surface area contributed by atoms with Crippen molar-refractivity contribution < 1.29 is 29.0 Å². The predicted octanol–water partition coefficient (Wildman–Crippen LogP) is 3.01. The zero-order valence-corrected chi connectivity index (χ0v) is 19.7. The van der Waals surface area contributed by atoms with Gasteiger partial charge in [-0.2, -0.15) is 11.8 Å². The average Bonchev–Trinajstić information content (AvgIpc) is 3.43. The Hall–Kier alpha value is -3.04. The van der Waals surface area contributed by atoms with Crippen LogP contribution in [0.2, 0.25) is 0 Å². The van der Waals surface area contributed by atoms with Crippen LogP contribution in [0.5, 0.6) is 0 Å². The predicted molar refractivity (Wildman–Crippen MR) is 129 cm³/mol. The van der Waals surface area contributed by atoms with Gasteiger partial charge in [-0.15, -0.1) is 0 Å². The van der Waals surface area contributed by atoms with Crippen molar-refractivity contribution in [1.82, 2.24) is 10.6 Å². The molecule has 3 atom stereocenters. The highest BCUT2D eigenvalue weighted by Crippen LogP contribution is 2.44. The molecule has 9 heteroatoms. The summed E-state index contributed by atoms with van der Waals surface area (Å²) in [7, 11) is 0. The molecule has 0 saturated carbocycles. The smallest absolute Gasteiger partial charge is 0.407 e. The lowest BCUT2D eigenvalue weighted by Gasteiger charge is -2.22. The summed E-state index contributed by atoms with van der Waals surface area (Å²) in [6.45, 7) is 0.408. The van der Waals surface area contributed by atoms with E-state index in [-0.39, 0.29) is 19.1 Å². The van der Waals surface area contributed by atoms with E-state index in [1.165, 1.54) is 0 Å². The number of ether oxygens (including phenoxy) is 2. The zero-order chi connectivity index (χ0) is 24.1. The normalized spacial score (nSPS) is 19.7. The molecule has 0 spiro atoms. The first-order valence-corrected chi connectivity index (χ1v) is 12.6. The van der Waals surface area contributed by atoms with Gasteiger partial charge >= 0.3 is 12.1 Å². The van der Waals surface area contributed by atoms with Crippen molar-refractivity contribution in [1.29, 1.82) is 0 Å². The molecular formula is C25H28N2O6S. The summed E-state index contributed by atoms with van der Waals surface area (Å²) in [5, 5.41) is 14.7. The molecule has 0 radical (unpaired) electrons. The number of rotatable bonds is 9. The van der Waals surface area contributed by atoms with E-state index in [4.69, 9.17) is 9.47 Å². The Labute approximate surface area is 202 Å². The van der Waals surface area contributed by atoms with Crippen LogP contribution in [0.3, 0.4) is 0 Å². The van der Waals surface area contributed by atoms with Crippen molar-refractivity contribution in [2.75, 3.05) is 25.2 Å². The van der Waals surface area contributed by atoms with E-state index in [0.717, 1.165) is 22.3 Å². The minimum Gasteiger partial charge on any atom is -0.479 e. The fraction of sp³-hybridized carbons (Fsp3) is 0.400. The minimum atomic E-state index is -1.12. The lowest BCUT2D eigenvalue weighted by atomic mass is 9.98. The Morgan fingerprint density at radius 3 is 2.38 bits per heavy atom. The number of hydrogen-bond acceptors (Lipinski definition) is 6. The second kappa shape index (κ2) is 10.9. The van der Waals surface area contributed by atoms with Crippen LogP contribution in [0.4, 0.5) is 4.79 Å². The number of carbonyl (C=O) groups excluding carboxylic acids is 2. The molecule has 0 unspecified atom stereocenters. The summed E-state index contributed by atoms with van der Waals surface area (Å²) in [5.74, 6) is -0.994. The zero-order valence-electron chi connectivity index (χ0n) is 18.9. The fourth-order valence-electron chi connectivity index (χ4n) is 4.55. The van der Waals surface area contributed by atoms with Crippen LogP contribution in [0, 0.1) is 0 Å². The fourth-order valence-corrected chi connectivity index (χ4v) is 5.02. The van der Waals surface area contributed by atoms with Gasteiger partial charge in [0.25, 0.3) is 0 Å². The van der Waals surface area contributed by atoms with E-state index in [9.17, 15) is 19.5 Å². The molecule has 1 saturated heterocycles. The van der Waals surface area contributed by atoms with Crippen molar-refractivity contribution in [2.45, 2.75) is 36.9 Å². The number of carbonyl (C=O) groups is 3. The van der Waals surface area contributed by atoms with Crippen molar-refractivity contribution in [3.63, 3.8) is 0 Å². The Morgan fingerprint density at radius 2 is 1.76 bits per heavy atom. The number of carboxylic acid groups (broad SMARTS) is 1. The molecule has 0 aromatic heterocycles. The first-order valence-electron chi connectivity index (χ1n) is 11.2. The van der Waals surface area contributed by atoms with Gasteiger partial charge < -0.3 is 25.2 Å². The maximum Gasteiger partial charge on any atom is 0.407 e. The third-order valence-electron chi connectivity index (χ3n) is 6.23. The molecular weight excluding hydrogens is 456 g/mol. The van der Waals surface area contributed by atoms with Crippen LogP contribution >= 0.6 is 11.8 Å². The van der Waals surface area contributed by atoms with Gasteiger partial charge in [-0.25, -0.2) is 9.59 Å². The number of hydrogen-bond donors (Lipinski definition) is 3. The largest absolute Gasteiger partial charge is 0.479 e. The van der Waals surface area contributed by atoms with Gasteiger partial charge in [0.05, 0.1) is 6.04 Å². The Morgan fingerprint density at radius 1 is 1.12 bits per heavy atom. The van der Waals surface area contributed by atoms with Gasteiger partial charge in [0.15, 0.2) is 6.10 Å². The van der Waals surface area contributed by atoms with Gasteiger partial charge in [0.1, 0.15) is 12.6 Å². The molecule has 0 bridgehead atoms. The van der Waals surface area contributed by atoms with E-state index in [0.29, 0.717) is 18.6 Å². The molecule has 3 N–H and O–H groups in total. The number of amides is 2. The summed E-state index contributed by atoms with van der Waals surface area (Å²) < 4.78 is 10.8. The molecule has 2 aliphatic rings. The van der Waals surface area contributed by atoms with Gasteiger partial charge in [0, 0.05) is 12.5 Å². The summed E-state index contributed by atoms with van der Waals surface area (Å²) in [6, 6.07) is 14.7. The Balaban J connectivity index is 1.39. The molecule has 1 heterocycles. The molecule has 8 nitrogen and oxygen atoms in total. The van der Waals surface area contributed by atoms with Crippen molar-refractivity contribution in [3.05, 3.63) is 59.7 Å². The highest BCUT2D eigenvalue weighted by molar-refractivity contribution is 7.98. The topological polar surface area (TPSA) is 114 Å². The highest BCUT2D eigenvalue weighted by atomic mass is 32.2. The molecule has 1 fully saturated rings. The molecule has 2 aromatic carbocycles. The third-order valence-corrected chi connectivity index (χ3v) is 6.87. The molecule has 2 aromatic rings. The number of aliphatic carboxylic acids is 1. The van der Waals surface area contributed by atoms with E-state index in [1.54, 1.807) is 11.8 Å². The first-order chi connectivity index (χ1) is 16.5. The number of alkyl carbamates (subject to hydrolysis) is 1. The van der Waals surface area contributed by atoms with E-state index in [2.05, 4.69) is 22.8 Å². The van der Waals surface area contributed by atoms with Crippen molar-refractivity contribution >= 4 is 29.7 Å². The van der Waals surface area contributed by atoms with Crippen LogP contribution in [0.25, 0.3) is 11.1 Å². The van der Waals surface area contributed by atoms with Gasteiger partial charge in [-0.05, 0) is 47.1 Å². The lowest BCUT2D eigenvalue weighted by molar-refractivity contribution is -0.148. The van der Waals surface area contributed by atoms with Crippen LogP contribution in [0.1, 0.15) is 29.9 Å². The van der Waals surface area contributed by atoms with Gasteiger partial charge in [-0.3, -0.25) is 4.79 Å². The number of benzene rings is 2. The molecule has 2 amide bonds. The van der Waals surface area contributed by atoms with Crippen LogP contribution in [-0.2, 0) is 19.1 Å². The summed E-state index contributed by atoms with van der Waals surface area (Å²) in [6.07, 6.45) is 0.944.